The quantitative estimate of drug-likeness (QED) is 0.911. The second-order valence-corrected chi connectivity index (χ2v) is 6.07. The summed E-state index contributed by atoms with van der Waals surface area (Å²) in [4.78, 5) is 16.4. The third kappa shape index (κ3) is 4.36. The molecule has 2 aliphatic heterocycles. The normalized spacial score (nSPS) is 22.0. The molecule has 0 saturated carbocycles. The number of anilines is 1. The van der Waals surface area contributed by atoms with Gasteiger partial charge in [0, 0.05) is 38.4 Å². The van der Waals surface area contributed by atoms with Crippen molar-refractivity contribution in [3.05, 3.63) is 29.8 Å². The summed E-state index contributed by atoms with van der Waals surface area (Å²) in [5.41, 5.74) is 2.50. The number of aryl methyl sites for hydroxylation is 1. The van der Waals surface area contributed by atoms with Crippen LogP contribution in [0, 0.1) is 6.92 Å². The van der Waals surface area contributed by atoms with Crippen LogP contribution in [0.4, 0.5) is 10.5 Å². The number of nitrogens with zero attached hydrogens (tertiary/aromatic N) is 2. The Bertz CT molecular complexity index is 524. The number of ether oxygens (including phenoxy) is 2. The van der Waals surface area contributed by atoms with Gasteiger partial charge in [-0.1, -0.05) is 12.1 Å². The van der Waals surface area contributed by atoms with Crippen LogP contribution in [0.3, 0.4) is 0 Å². The number of benzene rings is 1. The molecule has 2 aliphatic rings. The second kappa shape index (κ2) is 7.66. The van der Waals surface area contributed by atoms with Gasteiger partial charge < -0.3 is 24.6 Å². The maximum absolute atomic E-state index is 12.2. The molecule has 0 aliphatic carbocycles. The van der Waals surface area contributed by atoms with Crippen molar-refractivity contribution in [2.75, 3.05) is 57.4 Å². The van der Waals surface area contributed by atoms with Crippen LogP contribution in [0.25, 0.3) is 0 Å². The summed E-state index contributed by atoms with van der Waals surface area (Å²) in [5.74, 6) is 0. The molecule has 3 rings (SSSR count). The number of amides is 2. The van der Waals surface area contributed by atoms with Gasteiger partial charge in [0.05, 0.1) is 25.9 Å². The van der Waals surface area contributed by atoms with Gasteiger partial charge in [-0.05, 0) is 24.6 Å². The van der Waals surface area contributed by atoms with Crippen LogP contribution >= 0.6 is 0 Å². The minimum atomic E-state index is -0.0266. The van der Waals surface area contributed by atoms with Gasteiger partial charge in [-0.2, -0.15) is 0 Å². The van der Waals surface area contributed by atoms with E-state index < -0.39 is 0 Å². The molecule has 23 heavy (non-hydrogen) atoms. The number of piperazine rings is 1. The molecule has 6 heteroatoms. The molecule has 2 heterocycles. The van der Waals surface area contributed by atoms with Gasteiger partial charge in [0.1, 0.15) is 0 Å². The summed E-state index contributed by atoms with van der Waals surface area (Å²) < 4.78 is 10.9. The predicted octanol–water partition coefficient (Wildman–Crippen LogP) is 1.24. The number of hydrogen-bond donors (Lipinski definition) is 1. The molecule has 0 bridgehead atoms. The summed E-state index contributed by atoms with van der Waals surface area (Å²) in [6.07, 6.45) is -0.0266. The number of urea groups is 1. The zero-order valence-corrected chi connectivity index (χ0v) is 13.7. The van der Waals surface area contributed by atoms with E-state index in [1.807, 2.05) is 4.90 Å². The van der Waals surface area contributed by atoms with Crippen LogP contribution < -0.4 is 10.2 Å². The Hall–Kier alpha value is -1.79. The first-order valence-electron chi connectivity index (χ1n) is 8.26. The predicted molar refractivity (Wildman–Crippen MR) is 88.9 cm³/mol. The molecule has 0 radical (unpaired) electrons. The van der Waals surface area contributed by atoms with Crippen LogP contribution in [-0.2, 0) is 9.47 Å². The largest absolute Gasteiger partial charge is 0.376 e. The van der Waals surface area contributed by atoms with Gasteiger partial charge >= 0.3 is 6.03 Å². The minimum absolute atomic E-state index is 0.0111. The number of carbonyl (C=O) groups is 1. The van der Waals surface area contributed by atoms with Gasteiger partial charge in [0.15, 0.2) is 0 Å². The van der Waals surface area contributed by atoms with Crippen molar-refractivity contribution >= 4 is 11.7 Å². The maximum Gasteiger partial charge on any atom is 0.317 e. The van der Waals surface area contributed by atoms with Gasteiger partial charge in [-0.25, -0.2) is 4.79 Å². The molecule has 6 nitrogen and oxygen atoms in total. The monoisotopic (exact) mass is 319 g/mol. The SMILES string of the molecule is Cc1cccc(N2CCN(C(=O)NC[C@@H]3COCCO3)CC2)c1. The van der Waals surface area contributed by atoms with E-state index in [4.69, 9.17) is 9.47 Å². The van der Waals surface area contributed by atoms with Crippen LogP contribution in [0.2, 0.25) is 0 Å². The Balaban J connectivity index is 1.43. The Morgan fingerprint density at radius 3 is 2.78 bits per heavy atom. The standard InChI is InChI=1S/C17H25N3O3/c1-14-3-2-4-15(11-14)19-5-7-20(8-6-19)17(21)18-12-16-13-22-9-10-23-16/h2-4,11,16H,5-10,12-13H2,1H3,(H,18,21)/t16-/m1/s1. The van der Waals surface area contributed by atoms with Crippen LogP contribution in [0.5, 0.6) is 0 Å². The number of nitrogens with one attached hydrogen (secondary N) is 1. The lowest BCUT2D eigenvalue weighted by molar-refractivity contribution is -0.0856. The van der Waals surface area contributed by atoms with E-state index in [9.17, 15) is 4.79 Å². The van der Waals surface area contributed by atoms with E-state index in [2.05, 4.69) is 41.4 Å². The first kappa shape index (κ1) is 16.1. The molecule has 0 spiro atoms. The summed E-state index contributed by atoms with van der Waals surface area (Å²) in [5, 5.41) is 2.95. The highest BCUT2D eigenvalue weighted by molar-refractivity contribution is 5.74. The van der Waals surface area contributed by atoms with Crippen LogP contribution in [0.1, 0.15) is 5.56 Å². The van der Waals surface area contributed by atoms with Crippen molar-refractivity contribution in [1.82, 2.24) is 10.2 Å². The van der Waals surface area contributed by atoms with Crippen molar-refractivity contribution in [2.45, 2.75) is 13.0 Å². The Morgan fingerprint density at radius 2 is 2.09 bits per heavy atom. The fourth-order valence-corrected chi connectivity index (χ4v) is 2.96. The zero-order valence-electron chi connectivity index (χ0n) is 13.7. The molecular formula is C17H25N3O3. The molecule has 1 aromatic rings. The molecular weight excluding hydrogens is 294 g/mol. The lowest BCUT2D eigenvalue weighted by Crippen LogP contribution is -2.53. The number of carbonyl (C=O) groups excluding carboxylic acids is 1. The zero-order chi connectivity index (χ0) is 16.1. The van der Waals surface area contributed by atoms with E-state index in [1.165, 1.54) is 11.3 Å². The first-order chi connectivity index (χ1) is 11.2. The van der Waals surface area contributed by atoms with Crippen molar-refractivity contribution in [3.63, 3.8) is 0 Å². The molecule has 126 valence electrons. The molecule has 0 aromatic heterocycles. The topological polar surface area (TPSA) is 54.0 Å². The third-order valence-electron chi connectivity index (χ3n) is 4.30. The Labute approximate surface area is 137 Å². The summed E-state index contributed by atoms with van der Waals surface area (Å²) in [6.45, 7) is 7.62. The summed E-state index contributed by atoms with van der Waals surface area (Å²) >= 11 is 0. The third-order valence-corrected chi connectivity index (χ3v) is 4.30. The molecule has 1 N–H and O–H groups in total. The van der Waals surface area contributed by atoms with Gasteiger partial charge in [0.2, 0.25) is 0 Å². The highest BCUT2D eigenvalue weighted by Crippen LogP contribution is 2.17. The van der Waals surface area contributed by atoms with E-state index in [0.717, 1.165) is 26.2 Å². The molecule has 0 unspecified atom stereocenters. The average Bonchev–Trinajstić information content (AvgIpc) is 2.61. The summed E-state index contributed by atoms with van der Waals surface area (Å²) in [6, 6.07) is 8.49. The molecule has 1 aromatic carbocycles. The second-order valence-electron chi connectivity index (χ2n) is 6.07. The summed E-state index contributed by atoms with van der Waals surface area (Å²) in [7, 11) is 0. The number of rotatable bonds is 3. The average molecular weight is 319 g/mol. The Kier molecular flexibility index (Phi) is 5.35. The molecule has 2 saturated heterocycles. The fraction of sp³-hybridized carbons (Fsp3) is 0.588. The van der Waals surface area contributed by atoms with Gasteiger partial charge in [-0.3, -0.25) is 0 Å². The van der Waals surface area contributed by atoms with Crippen molar-refractivity contribution in [1.29, 1.82) is 0 Å². The van der Waals surface area contributed by atoms with E-state index in [1.54, 1.807) is 0 Å². The number of hydrogen-bond acceptors (Lipinski definition) is 4. The maximum atomic E-state index is 12.2. The van der Waals surface area contributed by atoms with Crippen molar-refractivity contribution in [2.24, 2.45) is 0 Å². The highest BCUT2D eigenvalue weighted by Gasteiger charge is 2.22. The molecule has 1 atom stereocenters. The highest BCUT2D eigenvalue weighted by atomic mass is 16.6. The molecule has 2 amide bonds. The van der Waals surface area contributed by atoms with E-state index in [-0.39, 0.29) is 12.1 Å². The van der Waals surface area contributed by atoms with Crippen LogP contribution in [0.15, 0.2) is 24.3 Å². The first-order valence-corrected chi connectivity index (χ1v) is 8.26. The van der Waals surface area contributed by atoms with Crippen molar-refractivity contribution < 1.29 is 14.3 Å². The van der Waals surface area contributed by atoms with E-state index >= 15 is 0 Å². The smallest absolute Gasteiger partial charge is 0.317 e. The van der Waals surface area contributed by atoms with Crippen molar-refractivity contribution in [3.8, 4) is 0 Å². The fourth-order valence-electron chi connectivity index (χ4n) is 2.96. The molecule has 2 fully saturated rings. The lowest BCUT2D eigenvalue weighted by Gasteiger charge is -2.36. The van der Waals surface area contributed by atoms with Crippen LogP contribution in [-0.4, -0.2) is 69.6 Å². The van der Waals surface area contributed by atoms with Gasteiger partial charge in [-0.15, -0.1) is 0 Å². The Morgan fingerprint density at radius 1 is 1.26 bits per heavy atom. The lowest BCUT2D eigenvalue weighted by atomic mass is 10.2. The van der Waals surface area contributed by atoms with E-state index in [0.29, 0.717) is 26.4 Å². The minimum Gasteiger partial charge on any atom is -0.376 e. The van der Waals surface area contributed by atoms with Gasteiger partial charge in [0.25, 0.3) is 0 Å².